The Kier molecular flexibility index (Phi) is 3.49. The van der Waals surface area contributed by atoms with Gasteiger partial charge in [-0.1, -0.05) is 29.8 Å². The van der Waals surface area contributed by atoms with E-state index in [1.165, 1.54) is 0 Å². The second kappa shape index (κ2) is 5.79. The van der Waals surface area contributed by atoms with E-state index < -0.39 is 0 Å². The molecule has 1 aliphatic rings. The summed E-state index contributed by atoms with van der Waals surface area (Å²) in [5, 5.41) is 12.7. The van der Waals surface area contributed by atoms with Gasteiger partial charge in [0.05, 0.1) is 29.2 Å². The Bertz CT molecular complexity index is 1210. The second-order valence-corrected chi connectivity index (χ2v) is 7.33. The fourth-order valence-corrected chi connectivity index (χ4v) is 3.89. The standard InChI is InChI=1S/C21H18ClN3O2/c1-27-12-7-8-16(22)15(9-12)13-3-2-4-14-19(23)18-17(24-20(13)14)10-25(21(18)26)11-5-6-11/h2-4,7-11,26H,5-6,23H2,1H3. The van der Waals surface area contributed by atoms with Gasteiger partial charge in [-0.3, -0.25) is 0 Å². The van der Waals surface area contributed by atoms with E-state index in [0.29, 0.717) is 27.7 Å². The van der Waals surface area contributed by atoms with Crippen molar-refractivity contribution in [2.24, 2.45) is 0 Å². The maximum atomic E-state index is 10.6. The molecule has 0 bridgehead atoms. The van der Waals surface area contributed by atoms with Gasteiger partial charge in [-0.15, -0.1) is 0 Å². The van der Waals surface area contributed by atoms with Gasteiger partial charge in [0, 0.05) is 33.8 Å². The summed E-state index contributed by atoms with van der Waals surface area (Å²) in [5.41, 5.74) is 10.2. The van der Waals surface area contributed by atoms with E-state index in [1.54, 1.807) is 7.11 Å². The third-order valence-corrected chi connectivity index (χ3v) is 5.55. The molecule has 2 heterocycles. The van der Waals surface area contributed by atoms with Crippen LogP contribution in [0.15, 0.2) is 42.6 Å². The van der Waals surface area contributed by atoms with Gasteiger partial charge in [0.25, 0.3) is 0 Å². The normalized spacial score (nSPS) is 14.1. The van der Waals surface area contributed by atoms with Crippen molar-refractivity contribution in [2.75, 3.05) is 12.8 Å². The van der Waals surface area contributed by atoms with Crippen LogP contribution in [0.5, 0.6) is 11.6 Å². The van der Waals surface area contributed by atoms with E-state index in [0.717, 1.165) is 40.6 Å². The van der Waals surface area contributed by atoms with Gasteiger partial charge >= 0.3 is 0 Å². The molecule has 136 valence electrons. The first kappa shape index (κ1) is 16.3. The number of halogens is 1. The van der Waals surface area contributed by atoms with Crippen LogP contribution in [0, 0.1) is 0 Å². The monoisotopic (exact) mass is 379 g/mol. The summed E-state index contributed by atoms with van der Waals surface area (Å²) in [6, 6.07) is 11.7. The lowest BCUT2D eigenvalue weighted by Crippen LogP contribution is -1.94. The highest BCUT2D eigenvalue weighted by atomic mass is 35.5. The number of nitrogen functional groups attached to an aromatic ring is 1. The van der Waals surface area contributed by atoms with Gasteiger partial charge in [-0.25, -0.2) is 4.98 Å². The van der Waals surface area contributed by atoms with Crippen molar-refractivity contribution in [3.05, 3.63) is 47.6 Å². The largest absolute Gasteiger partial charge is 0.497 e. The summed E-state index contributed by atoms with van der Waals surface area (Å²) >= 11 is 6.47. The fourth-order valence-electron chi connectivity index (χ4n) is 3.67. The predicted octanol–water partition coefficient (Wildman–Crippen LogP) is 5.14. The molecule has 27 heavy (non-hydrogen) atoms. The summed E-state index contributed by atoms with van der Waals surface area (Å²) in [5.74, 6) is 0.919. The van der Waals surface area contributed by atoms with Crippen molar-refractivity contribution in [1.82, 2.24) is 9.55 Å². The number of benzene rings is 2. The van der Waals surface area contributed by atoms with Gasteiger partial charge in [-0.05, 0) is 31.0 Å². The Morgan fingerprint density at radius 3 is 2.78 bits per heavy atom. The number of aromatic hydroxyl groups is 1. The van der Waals surface area contributed by atoms with Crippen LogP contribution in [0.2, 0.25) is 5.02 Å². The highest BCUT2D eigenvalue weighted by Crippen LogP contribution is 2.45. The molecule has 5 rings (SSSR count). The molecule has 1 saturated carbocycles. The number of rotatable bonds is 3. The fraction of sp³-hybridized carbons (Fsp3) is 0.190. The van der Waals surface area contributed by atoms with Crippen LogP contribution in [-0.2, 0) is 0 Å². The van der Waals surface area contributed by atoms with E-state index in [2.05, 4.69) is 0 Å². The number of methoxy groups -OCH3 is 1. The predicted molar refractivity (Wildman–Crippen MR) is 109 cm³/mol. The molecule has 0 aliphatic heterocycles. The maximum absolute atomic E-state index is 10.6. The van der Waals surface area contributed by atoms with Crippen LogP contribution >= 0.6 is 11.6 Å². The number of fused-ring (bicyclic) bond motifs is 2. The SMILES string of the molecule is COc1ccc(Cl)c(-c2cccc3c(N)c4c(O)n(C5CC5)cc4nc23)c1. The molecule has 1 aliphatic carbocycles. The van der Waals surface area contributed by atoms with Crippen LogP contribution in [0.4, 0.5) is 5.69 Å². The van der Waals surface area contributed by atoms with E-state index in [1.807, 2.05) is 47.2 Å². The lowest BCUT2D eigenvalue weighted by Gasteiger charge is -2.11. The molecular formula is C21H18ClN3O2. The minimum atomic E-state index is 0.198. The number of hydrogen-bond acceptors (Lipinski definition) is 4. The first-order chi connectivity index (χ1) is 13.1. The summed E-state index contributed by atoms with van der Waals surface area (Å²) in [4.78, 5) is 4.84. The van der Waals surface area contributed by atoms with Crippen molar-refractivity contribution >= 4 is 39.1 Å². The Morgan fingerprint density at radius 1 is 1.22 bits per heavy atom. The summed E-state index contributed by atoms with van der Waals surface area (Å²) < 4.78 is 7.23. The molecule has 2 aromatic carbocycles. The Hall–Kier alpha value is -2.92. The Morgan fingerprint density at radius 2 is 2.04 bits per heavy atom. The number of anilines is 1. The van der Waals surface area contributed by atoms with Crippen molar-refractivity contribution in [1.29, 1.82) is 0 Å². The topological polar surface area (TPSA) is 73.3 Å². The maximum Gasteiger partial charge on any atom is 0.203 e. The number of aromatic nitrogens is 2. The average Bonchev–Trinajstić information content (AvgIpc) is 3.46. The van der Waals surface area contributed by atoms with Crippen LogP contribution in [0.3, 0.4) is 0 Å². The Labute approximate surface area is 160 Å². The van der Waals surface area contributed by atoms with Crippen LogP contribution in [0.25, 0.3) is 32.9 Å². The third kappa shape index (κ3) is 2.42. The zero-order chi connectivity index (χ0) is 18.7. The van der Waals surface area contributed by atoms with Gasteiger partial charge < -0.3 is 20.1 Å². The van der Waals surface area contributed by atoms with Crippen LogP contribution in [-0.4, -0.2) is 21.8 Å². The van der Waals surface area contributed by atoms with Crippen LogP contribution < -0.4 is 10.5 Å². The molecule has 0 atom stereocenters. The minimum absolute atomic E-state index is 0.198. The average molecular weight is 380 g/mol. The second-order valence-electron chi connectivity index (χ2n) is 6.92. The van der Waals surface area contributed by atoms with E-state index in [9.17, 15) is 5.11 Å². The highest BCUT2D eigenvalue weighted by molar-refractivity contribution is 6.34. The highest BCUT2D eigenvalue weighted by Gasteiger charge is 2.28. The lowest BCUT2D eigenvalue weighted by molar-refractivity contribution is 0.415. The van der Waals surface area contributed by atoms with Crippen molar-refractivity contribution in [3.63, 3.8) is 0 Å². The first-order valence-corrected chi connectivity index (χ1v) is 9.22. The number of nitrogens with two attached hydrogens (primary N) is 1. The number of pyridine rings is 1. The smallest absolute Gasteiger partial charge is 0.203 e. The number of para-hydroxylation sites is 1. The number of hydrogen-bond donors (Lipinski definition) is 2. The van der Waals surface area contributed by atoms with Crippen LogP contribution in [0.1, 0.15) is 18.9 Å². The molecule has 0 radical (unpaired) electrons. The zero-order valence-corrected chi connectivity index (χ0v) is 15.5. The molecule has 6 heteroatoms. The molecule has 0 saturated heterocycles. The third-order valence-electron chi connectivity index (χ3n) is 5.22. The molecule has 0 amide bonds. The van der Waals surface area contributed by atoms with Gasteiger partial charge in [0.15, 0.2) is 0 Å². The first-order valence-electron chi connectivity index (χ1n) is 8.84. The molecule has 4 aromatic rings. The quantitative estimate of drug-likeness (QED) is 0.516. The van der Waals surface area contributed by atoms with E-state index in [-0.39, 0.29) is 5.88 Å². The molecular weight excluding hydrogens is 362 g/mol. The minimum Gasteiger partial charge on any atom is -0.497 e. The zero-order valence-electron chi connectivity index (χ0n) is 14.7. The summed E-state index contributed by atoms with van der Waals surface area (Å²) in [7, 11) is 1.62. The van der Waals surface area contributed by atoms with Gasteiger partial charge in [0.2, 0.25) is 5.88 Å². The van der Waals surface area contributed by atoms with E-state index in [4.69, 9.17) is 27.1 Å². The molecule has 3 N–H and O–H groups in total. The molecule has 1 fully saturated rings. The molecule has 2 aromatic heterocycles. The Balaban J connectivity index is 1.84. The number of ether oxygens (including phenoxy) is 1. The molecule has 0 unspecified atom stereocenters. The summed E-state index contributed by atoms with van der Waals surface area (Å²) in [6.07, 6.45) is 4.03. The van der Waals surface area contributed by atoms with Crippen molar-refractivity contribution < 1.29 is 9.84 Å². The summed E-state index contributed by atoms with van der Waals surface area (Å²) in [6.45, 7) is 0. The number of nitrogens with zero attached hydrogens (tertiary/aromatic N) is 2. The van der Waals surface area contributed by atoms with Crippen molar-refractivity contribution in [2.45, 2.75) is 18.9 Å². The lowest BCUT2D eigenvalue weighted by atomic mass is 10.00. The van der Waals surface area contributed by atoms with Crippen molar-refractivity contribution in [3.8, 4) is 22.8 Å². The molecule has 0 spiro atoms. The van der Waals surface area contributed by atoms with Gasteiger partial charge in [-0.2, -0.15) is 0 Å². The molecule has 5 nitrogen and oxygen atoms in total. The van der Waals surface area contributed by atoms with Gasteiger partial charge in [0.1, 0.15) is 5.75 Å². The van der Waals surface area contributed by atoms with E-state index >= 15 is 0 Å².